The summed E-state index contributed by atoms with van der Waals surface area (Å²) in [7, 11) is 1.54. The second-order valence-electron chi connectivity index (χ2n) is 4.75. The van der Waals surface area contributed by atoms with E-state index in [0.29, 0.717) is 24.6 Å². The molecule has 1 unspecified atom stereocenters. The van der Waals surface area contributed by atoms with Crippen molar-refractivity contribution >= 4 is 17.5 Å². The Morgan fingerprint density at radius 1 is 1.45 bits per heavy atom. The van der Waals surface area contributed by atoms with Gasteiger partial charge in [0.05, 0.1) is 25.0 Å². The average molecular weight is 285 g/mol. The first-order chi connectivity index (χ1) is 9.42. The first-order valence-corrected chi connectivity index (χ1v) is 6.32. The lowest BCUT2D eigenvalue weighted by atomic mass is 10.0. The fraction of sp³-hybridized carbons (Fsp3) is 0.583. The van der Waals surface area contributed by atoms with Crippen LogP contribution in [0.3, 0.4) is 0 Å². The fourth-order valence-electron chi connectivity index (χ4n) is 2.22. The summed E-state index contributed by atoms with van der Waals surface area (Å²) in [6, 6.07) is -0.814. The van der Waals surface area contributed by atoms with Crippen LogP contribution < -0.4 is 15.5 Å². The summed E-state index contributed by atoms with van der Waals surface area (Å²) in [6.45, 7) is 1.45. The average Bonchev–Trinajstić information content (AvgIpc) is 2.37. The van der Waals surface area contributed by atoms with Crippen molar-refractivity contribution in [2.24, 2.45) is 0 Å². The summed E-state index contributed by atoms with van der Waals surface area (Å²) >= 11 is 0. The monoisotopic (exact) mass is 285 g/mol. The molecular weight excluding hydrogens is 268 g/mol. The number of alkyl halides is 2. The van der Waals surface area contributed by atoms with E-state index in [4.69, 9.17) is 0 Å². The molecular formula is C12H17F2N5O. The van der Waals surface area contributed by atoms with E-state index >= 15 is 0 Å². The Hall–Kier alpha value is -1.83. The Kier molecular flexibility index (Phi) is 4.12. The van der Waals surface area contributed by atoms with Crippen molar-refractivity contribution in [2.45, 2.75) is 25.3 Å². The van der Waals surface area contributed by atoms with Gasteiger partial charge in [-0.15, -0.1) is 0 Å². The minimum Gasteiger partial charge on any atom is -0.349 e. The number of nitrogens with zero attached hydrogens (tertiary/aromatic N) is 3. The van der Waals surface area contributed by atoms with Gasteiger partial charge in [-0.05, 0) is 13.5 Å². The Labute approximate surface area is 115 Å². The molecule has 0 bridgehead atoms. The molecule has 1 aliphatic heterocycles. The maximum absolute atomic E-state index is 13.8. The highest BCUT2D eigenvalue weighted by Gasteiger charge is 2.44. The zero-order valence-electron chi connectivity index (χ0n) is 11.4. The van der Waals surface area contributed by atoms with E-state index in [1.165, 1.54) is 31.3 Å². The van der Waals surface area contributed by atoms with Gasteiger partial charge < -0.3 is 15.5 Å². The van der Waals surface area contributed by atoms with E-state index in [0.717, 1.165) is 0 Å². The molecule has 2 rings (SSSR count). The van der Waals surface area contributed by atoms with Crippen molar-refractivity contribution in [3.05, 3.63) is 12.4 Å². The predicted molar refractivity (Wildman–Crippen MR) is 71.0 cm³/mol. The van der Waals surface area contributed by atoms with Gasteiger partial charge in [0.1, 0.15) is 5.82 Å². The summed E-state index contributed by atoms with van der Waals surface area (Å²) in [5, 5.41) is 5.11. The van der Waals surface area contributed by atoms with Crippen molar-refractivity contribution in [1.29, 1.82) is 0 Å². The minimum atomic E-state index is -2.81. The Balaban J connectivity index is 2.07. The number of hydrogen-bond donors (Lipinski definition) is 2. The number of nitrogens with one attached hydrogen (secondary N) is 2. The lowest BCUT2D eigenvalue weighted by Crippen LogP contribution is -2.56. The van der Waals surface area contributed by atoms with Gasteiger partial charge in [0.2, 0.25) is 5.91 Å². The van der Waals surface area contributed by atoms with Crippen LogP contribution in [-0.2, 0) is 4.79 Å². The van der Waals surface area contributed by atoms with Crippen LogP contribution in [0.2, 0.25) is 0 Å². The normalized spacial score (nSPS) is 21.6. The van der Waals surface area contributed by atoms with E-state index in [9.17, 15) is 13.6 Å². The largest absolute Gasteiger partial charge is 0.349 e. The smallest absolute Gasteiger partial charge is 0.280 e. The molecule has 1 atom stereocenters. The second kappa shape index (κ2) is 5.66. The number of carbonyl (C=O) groups is 1. The Morgan fingerprint density at radius 2 is 2.20 bits per heavy atom. The van der Waals surface area contributed by atoms with Crippen molar-refractivity contribution in [1.82, 2.24) is 15.3 Å². The molecule has 1 fully saturated rings. The standard InChI is InChI=1S/C12H17F2N5O/c1-8(20)18-10-5-17-11(6-16-10)19-4-3-9(15-2)12(13,14)7-19/h5-6,9,15H,3-4,7H2,1-2H3,(H,16,18,20). The molecule has 20 heavy (non-hydrogen) atoms. The zero-order valence-corrected chi connectivity index (χ0v) is 11.4. The molecule has 0 aromatic carbocycles. The van der Waals surface area contributed by atoms with Crippen LogP contribution in [0.5, 0.6) is 0 Å². The van der Waals surface area contributed by atoms with E-state index in [1.807, 2.05) is 0 Å². The molecule has 2 heterocycles. The third-order valence-electron chi connectivity index (χ3n) is 3.21. The van der Waals surface area contributed by atoms with Gasteiger partial charge in [0.25, 0.3) is 5.92 Å². The molecule has 1 aromatic heterocycles. The number of hydrogen-bond acceptors (Lipinski definition) is 5. The quantitative estimate of drug-likeness (QED) is 0.862. The highest BCUT2D eigenvalue weighted by molar-refractivity contribution is 5.87. The fourth-order valence-corrected chi connectivity index (χ4v) is 2.22. The second-order valence-corrected chi connectivity index (χ2v) is 4.75. The van der Waals surface area contributed by atoms with Crippen LogP contribution in [0.4, 0.5) is 20.4 Å². The summed E-state index contributed by atoms with van der Waals surface area (Å²) in [6.07, 6.45) is 3.08. The number of piperidine rings is 1. The highest BCUT2D eigenvalue weighted by atomic mass is 19.3. The number of carbonyl (C=O) groups excluding carboxylic acids is 1. The van der Waals surface area contributed by atoms with E-state index < -0.39 is 18.5 Å². The van der Waals surface area contributed by atoms with Gasteiger partial charge in [-0.25, -0.2) is 18.7 Å². The zero-order chi connectivity index (χ0) is 14.8. The molecule has 8 heteroatoms. The molecule has 1 aliphatic rings. The number of amides is 1. The van der Waals surface area contributed by atoms with Crippen LogP contribution in [-0.4, -0.2) is 48.0 Å². The number of rotatable bonds is 3. The molecule has 1 saturated heterocycles. The van der Waals surface area contributed by atoms with Gasteiger partial charge in [0.15, 0.2) is 5.82 Å². The molecule has 0 saturated carbocycles. The summed E-state index contributed by atoms with van der Waals surface area (Å²) in [5.74, 6) is -2.38. The van der Waals surface area contributed by atoms with Crippen molar-refractivity contribution in [2.75, 3.05) is 30.4 Å². The molecule has 1 amide bonds. The van der Waals surface area contributed by atoms with E-state index in [-0.39, 0.29) is 5.91 Å². The molecule has 0 radical (unpaired) electrons. The summed E-state index contributed by atoms with van der Waals surface area (Å²) in [5.41, 5.74) is 0. The van der Waals surface area contributed by atoms with Crippen LogP contribution in [0.25, 0.3) is 0 Å². The third kappa shape index (κ3) is 3.19. The van der Waals surface area contributed by atoms with Gasteiger partial charge >= 0.3 is 0 Å². The Bertz CT molecular complexity index is 479. The molecule has 6 nitrogen and oxygen atoms in total. The summed E-state index contributed by atoms with van der Waals surface area (Å²) in [4.78, 5) is 20.4. The first-order valence-electron chi connectivity index (χ1n) is 6.32. The molecule has 1 aromatic rings. The SMILES string of the molecule is CNC1CCN(c2cnc(NC(C)=O)cn2)CC1(F)F. The summed E-state index contributed by atoms with van der Waals surface area (Å²) < 4.78 is 27.7. The number of anilines is 2. The number of aromatic nitrogens is 2. The van der Waals surface area contributed by atoms with Gasteiger partial charge in [-0.1, -0.05) is 0 Å². The first kappa shape index (κ1) is 14.6. The minimum absolute atomic E-state index is 0.256. The third-order valence-corrected chi connectivity index (χ3v) is 3.21. The topological polar surface area (TPSA) is 70.2 Å². The van der Waals surface area contributed by atoms with Crippen molar-refractivity contribution in [3.63, 3.8) is 0 Å². The number of halogens is 2. The molecule has 110 valence electrons. The maximum atomic E-state index is 13.8. The van der Waals surface area contributed by atoms with Gasteiger partial charge in [-0.2, -0.15) is 0 Å². The lowest BCUT2D eigenvalue weighted by Gasteiger charge is -2.38. The lowest BCUT2D eigenvalue weighted by molar-refractivity contribution is -0.114. The molecule has 2 N–H and O–H groups in total. The van der Waals surface area contributed by atoms with Crippen molar-refractivity contribution in [3.8, 4) is 0 Å². The maximum Gasteiger partial charge on any atom is 0.280 e. The van der Waals surface area contributed by atoms with E-state index in [2.05, 4.69) is 20.6 Å². The molecule has 0 spiro atoms. The van der Waals surface area contributed by atoms with Gasteiger partial charge in [0, 0.05) is 13.5 Å². The van der Waals surface area contributed by atoms with E-state index in [1.54, 1.807) is 0 Å². The highest BCUT2D eigenvalue weighted by Crippen LogP contribution is 2.29. The van der Waals surface area contributed by atoms with Crippen LogP contribution in [0.1, 0.15) is 13.3 Å². The predicted octanol–water partition coefficient (Wildman–Crippen LogP) is 0.868. The van der Waals surface area contributed by atoms with Gasteiger partial charge in [-0.3, -0.25) is 4.79 Å². The van der Waals surface area contributed by atoms with Crippen LogP contribution >= 0.6 is 0 Å². The Morgan fingerprint density at radius 3 is 2.70 bits per heavy atom. The van der Waals surface area contributed by atoms with Crippen LogP contribution in [0, 0.1) is 0 Å². The molecule has 0 aliphatic carbocycles. The van der Waals surface area contributed by atoms with Crippen LogP contribution in [0.15, 0.2) is 12.4 Å². The van der Waals surface area contributed by atoms with Crippen molar-refractivity contribution < 1.29 is 13.6 Å².